The SMILES string of the molecule is Cc1ccc(C(=O)NCCN(c2ccc(C(C)C)cc2)S(C)(=O)=O)cc1. The number of carbonyl (C=O) groups is 1. The molecule has 0 aliphatic heterocycles. The van der Waals surface area contributed by atoms with Crippen molar-refractivity contribution in [2.45, 2.75) is 26.7 Å². The second-order valence-corrected chi connectivity index (χ2v) is 8.61. The van der Waals surface area contributed by atoms with E-state index in [-0.39, 0.29) is 19.0 Å². The first-order valence-electron chi connectivity index (χ1n) is 8.61. The lowest BCUT2D eigenvalue weighted by molar-refractivity contribution is 0.0955. The molecular formula is C20H26N2O3S. The highest BCUT2D eigenvalue weighted by atomic mass is 32.2. The lowest BCUT2D eigenvalue weighted by atomic mass is 10.0. The topological polar surface area (TPSA) is 66.5 Å². The number of carbonyl (C=O) groups excluding carboxylic acids is 1. The van der Waals surface area contributed by atoms with Crippen LogP contribution in [-0.2, 0) is 10.0 Å². The number of benzene rings is 2. The summed E-state index contributed by atoms with van der Waals surface area (Å²) in [6.07, 6.45) is 1.17. The number of sulfonamides is 1. The minimum Gasteiger partial charge on any atom is -0.350 e. The molecule has 0 aliphatic carbocycles. The van der Waals surface area contributed by atoms with Gasteiger partial charge in [-0.05, 0) is 42.7 Å². The Morgan fingerprint density at radius 3 is 2.12 bits per heavy atom. The van der Waals surface area contributed by atoms with E-state index in [1.165, 1.54) is 10.6 Å². The Labute approximate surface area is 156 Å². The third-order valence-corrected chi connectivity index (χ3v) is 5.36. The van der Waals surface area contributed by atoms with Gasteiger partial charge in [0.05, 0.1) is 18.5 Å². The Morgan fingerprint density at radius 2 is 1.62 bits per heavy atom. The molecule has 5 nitrogen and oxygen atoms in total. The molecule has 140 valence electrons. The summed E-state index contributed by atoms with van der Waals surface area (Å²) in [5, 5.41) is 2.78. The second-order valence-electron chi connectivity index (χ2n) is 6.70. The third-order valence-electron chi connectivity index (χ3n) is 4.16. The van der Waals surface area contributed by atoms with Gasteiger partial charge in [-0.25, -0.2) is 8.42 Å². The Hall–Kier alpha value is -2.34. The molecule has 1 amide bonds. The molecule has 2 aromatic carbocycles. The average molecular weight is 375 g/mol. The van der Waals surface area contributed by atoms with Crippen LogP contribution in [0.1, 0.15) is 41.3 Å². The maximum Gasteiger partial charge on any atom is 0.251 e. The lowest BCUT2D eigenvalue weighted by Crippen LogP contribution is -2.38. The van der Waals surface area contributed by atoms with Gasteiger partial charge in [-0.15, -0.1) is 0 Å². The highest BCUT2D eigenvalue weighted by molar-refractivity contribution is 7.92. The summed E-state index contributed by atoms with van der Waals surface area (Å²) in [7, 11) is -3.44. The molecule has 1 N–H and O–H groups in total. The molecule has 0 aliphatic rings. The number of hydrogen-bond donors (Lipinski definition) is 1. The molecule has 6 heteroatoms. The minimum absolute atomic E-state index is 0.178. The lowest BCUT2D eigenvalue weighted by Gasteiger charge is -2.23. The molecule has 0 fully saturated rings. The number of anilines is 1. The van der Waals surface area contributed by atoms with Gasteiger partial charge in [-0.1, -0.05) is 43.7 Å². The monoisotopic (exact) mass is 374 g/mol. The van der Waals surface area contributed by atoms with E-state index in [0.717, 1.165) is 11.1 Å². The molecule has 0 saturated heterocycles. The molecule has 0 radical (unpaired) electrons. The summed E-state index contributed by atoms with van der Waals surface area (Å²) < 4.78 is 25.6. The Morgan fingerprint density at radius 1 is 1.04 bits per heavy atom. The summed E-state index contributed by atoms with van der Waals surface area (Å²) in [6.45, 7) is 6.54. The van der Waals surface area contributed by atoms with E-state index < -0.39 is 10.0 Å². The first-order valence-corrected chi connectivity index (χ1v) is 10.5. The van der Waals surface area contributed by atoms with Crippen LogP contribution in [0.15, 0.2) is 48.5 Å². The van der Waals surface area contributed by atoms with Crippen LogP contribution in [0.25, 0.3) is 0 Å². The minimum atomic E-state index is -3.44. The molecule has 0 aromatic heterocycles. The summed E-state index contributed by atoms with van der Waals surface area (Å²) in [5.41, 5.74) is 3.38. The summed E-state index contributed by atoms with van der Waals surface area (Å²) in [4.78, 5) is 12.2. The van der Waals surface area contributed by atoms with Crippen LogP contribution in [0.2, 0.25) is 0 Å². The van der Waals surface area contributed by atoms with Crippen molar-refractivity contribution in [1.82, 2.24) is 5.32 Å². The molecule has 2 aromatic rings. The van der Waals surface area contributed by atoms with Gasteiger partial charge < -0.3 is 5.32 Å². The van der Waals surface area contributed by atoms with E-state index >= 15 is 0 Å². The normalized spacial score (nSPS) is 11.4. The van der Waals surface area contributed by atoms with Crippen molar-refractivity contribution in [2.24, 2.45) is 0 Å². The molecule has 0 saturated carbocycles. The number of amides is 1. The first-order chi connectivity index (χ1) is 12.2. The Bertz CT molecular complexity index is 842. The predicted molar refractivity (Wildman–Crippen MR) is 106 cm³/mol. The number of rotatable bonds is 7. The van der Waals surface area contributed by atoms with Crippen LogP contribution >= 0.6 is 0 Å². The highest BCUT2D eigenvalue weighted by Crippen LogP contribution is 2.21. The van der Waals surface area contributed by atoms with E-state index in [2.05, 4.69) is 19.2 Å². The summed E-state index contributed by atoms with van der Waals surface area (Å²) in [5.74, 6) is 0.165. The van der Waals surface area contributed by atoms with Crippen molar-refractivity contribution < 1.29 is 13.2 Å². The summed E-state index contributed by atoms with van der Waals surface area (Å²) >= 11 is 0. The van der Waals surface area contributed by atoms with E-state index in [9.17, 15) is 13.2 Å². The van der Waals surface area contributed by atoms with E-state index in [4.69, 9.17) is 0 Å². The van der Waals surface area contributed by atoms with Crippen molar-refractivity contribution in [3.8, 4) is 0 Å². The van der Waals surface area contributed by atoms with Gasteiger partial charge in [0.25, 0.3) is 5.91 Å². The van der Waals surface area contributed by atoms with Crippen LogP contribution in [0.4, 0.5) is 5.69 Å². The Balaban J connectivity index is 2.04. The zero-order chi connectivity index (χ0) is 19.3. The van der Waals surface area contributed by atoms with E-state index in [0.29, 0.717) is 17.2 Å². The van der Waals surface area contributed by atoms with Crippen molar-refractivity contribution >= 4 is 21.6 Å². The quantitative estimate of drug-likeness (QED) is 0.808. The molecule has 2 rings (SSSR count). The number of nitrogens with zero attached hydrogens (tertiary/aromatic N) is 1. The average Bonchev–Trinajstić information content (AvgIpc) is 2.58. The number of aryl methyl sites for hydroxylation is 1. The van der Waals surface area contributed by atoms with Gasteiger partial charge in [0.1, 0.15) is 0 Å². The number of nitrogens with one attached hydrogen (secondary N) is 1. The first kappa shape index (κ1) is 20.0. The Kier molecular flexibility index (Phi) is 6.42. The third kappa shape index (κ3) is 5.33. The molecule has 26 heavy (non-hydrogen) atoms. The zero-order valence-electron chi connectivity index (χ0n) is 15.7. The van der Waals surface area contributed by atoms with Crippen molar-refractivity contribution in [1.29, 1.82) is 0 Å². The molecular weight excluding hydrogens is 348 g/mol. The van der Waals surface area contributed by atoms with Gasteiger partial charge in [-0.2, -0.15) is 0 Å². The van der Waals surface area contributed by atoms with Crippen LogP contribution < -0.4 is 9.62 Å². The molecule has 0 unspecified atom stereocenters. The maximum absolute atomic E-state index is 12.2. The van der Waals surface area contributed by atoms with Crippen molar-refractivity contribution in [3.05, 3.63) is 65.2 Å². The fourth-order valence-electron chi connectivity index (χ4n) is 2.59. The van der Waals surface area contributed by atoms with Crippen LogP contribution in [-0.4, -0.2) is 33.7 Å². The number of hydrogen-bond acceptors (Lipinski definition) is 3. The van der Waals surface area contributed by atoms with E-state index in [1.807, 2.05) is 31.2 Å². The van der Waals surface area contributed by atoms with Gasteiger partial charge in [0, 0.05) is 12.1 Å². The van der Waals surface area contributed by atoms with Crippen LogP contribution in [0.3, 0.4) is 0 Å². The van der Waals surface area contributed by atoms with Gasteiger partial charge in [-0.3, -0.25) is 9.10 Å². The molecule has 0 heterocycles. The fraction of sp³-hybridized carbons (Fsp3) is 0.350. The van der Waals surface area contributed by atoms with Crippen LogP contribution in [0, 0.1) is 6.92 Å². The molecule has 0 spiro atoms. The zero-order valence-corrected chi connectivity index (χ0v) is 16.5. The standard InChI is InChI=1S/C20H26N2O3S/c1-15(2)17-9-11-19(12-10-17)22(26(4,24)25)14-13-21-20(23)18-7-5-16(3)6-8-18/h5-12,15H,13-14H2,1-4H3,(H,21,23). The van der Waals surface area contributed by atoms with Gasteiger partial charge in [0.15, 0.2) is 0 Å². The van der Waals surface area contributed by atoms with E-state index in [1.54, 1.807) is 24.3 Å². The van der Waals surface area contributed by atoms with Gasteiger partial charge in [0.2, 0.25) is 10.0 Å². The molecule has 0 atom stereocenters. The van der Waals surface area contributed by atoms with Gasteiger partial charge >= 0.3 is 0 Å². The van der Waals surface area contributed by atoms with Crippen LogP contribution in [0.5, 0.6) is 0 Å². The fourth-order valence-corrected chi connectivity index (χ4v) is 3.52. The summed E-state index contributed by atoms with van der Waals surface area (Å²) in [6, 6.07) is 14.7. The smallest absolute Gasteiger partial charge is 0.251 e. The molecule has 0 bridgehead atoms. The maximum atomic E-state index is 12.2. The predicted octanol–water partition coefficient (Wildman–Crippen LogP) is 3.31. The van der Waals surface area contributed by atoms with Crippen molar-refractivity contribution in [2.75, 3.05) is 23.7 Å². The van der Waals surface area contributed by atoms with Crippen molar-refractivity contribution in [3.63, 3.8) is 0 Å². The highest BCUT2D eigenvalue weighted by Gasteiger charge is 2.17. The second kappa shape index (κ2) is 8.36. The largest absolute Gasteiger partial charge is 0.350 e.